The number of nitrogens with two attached hydrogens (primary N) is 1. The molecule has 0 aromatic carbocycles. The summed E-state index contributed by atoms with van der Waals surface area (Å²) in [5.41, 5.74) is 6.08. The summed E-state index contributed by atoms with van der Waals surface area (Å²) >= 11 is 0. The molecule has 1 aromatic heterocycles. The normalized spacial score (nSPS) is 17.1. The molecule has 0 atom stereocenters. The van der Waals surface area contributed by atoms with Gasteiger partial charge < -0.3 is 21.1 Å². The number of aromatic nitrogens is 1. The number of aromatic carboxylic acids is 1. The van der Waals surface area contributed by atoms with E-state index in [4.69, 9.17) is 10.8 Å². The first kappa shape index (κ1) is 14.6. The van der Waals surface area contributed by atoms with Crippen molar-refractivity contribution >= 4 is 17.5 Å². The maximum atomic E-state index is 11.2. The number of nitrogens with zero attached hydrogens (tertiary/aromatic N) is 2. The van der Waals surface area contributed by atoms with E-state index in [-0.39, 0.29) is 5.56 Å². The lowest BCUT2D eigenvalue weighted by atomic mass is 9.97. The predicted octanol–water partition coefficient (Wildman–Crippen LogP) is 1.51. The molecule has 110 valence electrons. The summed E-state index contributed by atoms with van der Waals surface area (Å²) < 4.78 is 0. The largest absolute Gasteiger partial charge is 0.478 e. The van der Waals surface area contributed by atoms with Gasteiger partial charge in [-0.15, -0.1) is 0 Å². The quantitative estimate of drug-likeness (QED) is 0.756. The first-order valence-corrected chi connectivity index (χ1v) is 7.05. The highest BCUT2D eigenvalue weighted by atomic mass is 16.4. The summed E-state index contributed by atoms with van der Waals surface area (Å²) in [6.45, 7) is 6.27. The Morgan fingerprint density at radius 1 is 1.55 bits per heavy atom. The van der Waals surface area contributed by atoms with Gasteiger partial charge in [0, 0.05) is 6.54 Å². The predicted molar refractivity (Wildman–Crippen MR) is 78.9 cm³/mol. The van der Waals surface area contributed by atoms with Gasteiger partial charge in [-0.05, 0) is 44.5 Å². The van der Waals surface area contributed by atoms with Crippen LogP contribution in [0, 0.1) is 5.92 Å². The number of nitrogens with one attached hydrogen (secondary N) is 1. The molecular weight excluding hydrogens is 256 g/mol. The molecule has 1 aliphatic heterocycles. The lowest BCUT2D eigenvalue weighted by molar-refractivity contribution is 0.0697. The van der Waals surface area contributed by atoms with Crippen LogP contribution < -0.4 is 11.1 Å². The zero-order valence-electron chi connectivity index (χ0n) is 11.8. The van der Waals surface area contributed by atoms with Gasteiger partial charge in [-0.25, -0.2) is 9.78 Å². The van der Waals surface area contributed by atoms with Crippen molar-refractivity contribution in [2.75, 3.05) is 37.2 Å². The van der Waals surface area contributed by atoms with Crippen LogP contribution in [0.2, 0.25) is 0 Å². The van der Waals surface area contributed by atoms with Crippen molar-refractivity contribution in [1.82, 2.24) is 9.88 Å². The number of anilines is 2. The molecular formula is C14H22N4O2. The second kappa shape index (κ2) is 6.56. The second-order valence-electron chi connectivity index (χ2n) is 5.23. The number of carbonyl (C=O) groups is 1. The van der Waals surface area contributed by atoms with E-state index < -0.39 is 5.97 Å². The van der Waals surface area contributed by atoms with Crippen LogP contribution in [-0.2, 0) is 0 Å². The number of carboxylic acid groups (broad SMARTS) is 1. The fourth-order valence-electron chi connectivity index (χ4n) is 2.53. The van der Waals surface area contributed by atoms with Crippen molar-refractivity contribution < 1.29 is 9.90 Å². The number of likely N-dealkylation sites (tertiary alicyclic amines) is 1. The molecule has 0 bridgehead atoms. The van der Waals surface area contributed by atoms with Crippen LogP contribution in [0.15, 0.2) is 12.3 Å². The van der Waals surface area contributed by atoms with Crippen LogP contribution in [0.25, 0.3) is 0 Å². The number of hydrogen-bond donors (Lipinski definition) is 3. The third-order valence-corrected chi connectivity index (χ3v) is 3.85. The van der Waals surface area contributed by atoms with Crippen molar-refractivity contribution in [3.63, 3.8) is 0 Å². The van der Waals surface area contributed by atoms with Crippen LogP contribution in [0.5, 0.6) is 0 Å². The maximum Gasteiger partial charge on any atom is 0.339 e. The molecule has 2 rings (SSSR count). The van der Waals surface area contributed by atoms with Crippen molar-refractivity contribution in [3.05, 3.63) is 17.8 Å². The fourth-order valence-corrected chi connectivity index (χ4v) is 2.53. The smallest absolute Gasteiger partial charge is 0.339 e. The average molecular weight is 278 g/mol. The topological polar surface area (TPSA) is 91.5 Å². The molecule has 6 heteroatoms. The summed E-state index contributed by atoms with van der Waals surface area (Å²) in [6, 6.07) is 1.44. The van der Waals surface area contributed by atoms with E-state index in [1.165, 1.54) is 12.3 Å². The third kappa shape index (κ3) is 3.60. The van der Waals surface area contributed by atoms with Crippen LogP contribution in [0.1, 0.15) is 30.1 Å². The zero-order chi connectivity index (χ0) is 14.5. The Hall–Kier alpha value is -1.82. The van der Waals surface area contributed by atoms with Gasteiger partial charge in [-0.1, -0.05) is 6.92 Å². The summed E-state index contributed by atoms with van der Waals surface area (Å²) in [4.78, 5) is 17.7. The Morgan fingerprint density at radius 2 is 2.25 bits per heavy atom. The van der Waals surface area contributed by atoms with E-state index in [0.717, 1.165) is 39.0 Å². The zero-order valence-corrected chi connectivity index (χ0v) is 11.8. The van der Waals surface area contributed by atoms with E-state index in [0.29, 0.717) is 17.4 Å². The average Bonchev–Trinajstić information content (AvgIpc) is 2.46. The van der Waals surface area contributed by atoms with Crippen LogP contribution >= 0.6 is 0 Å². The lowest BCUT2D eigenvalue weighted by Gasteiger charge is -2.31. The Balaban J connectivity index is 1.93. The summed E-state index contributed by atoms with van der Waals surface area (Å²) in [6.07, 6.45) is 3.75. The Labute approximate surface area is 119 Å². The van der Waals surface area contributed by atoms with Gasteiger partial charge in [0.15, 0.2) is 0 Å². The minimum Gasteiger partial charge on any atom is -0.478 e. The molecule has 0 spiro atoms. The molecule has 0 saturated carbocycles. The first-order chi connectivity index (χ1) is 9.60. The molecule has 6 nitrogen and oxygen atoms in total. The van der Waals surface area contributed by atoms with Crippen LogP contribution in [0.3, 0.4) is 0 Å². The van der Waals surface area contributed by atoms with Crippen LogP contribution in [-0.4, -0.2) is 47.1 Å². The van der Waals surface area contributed by atoms with Gasteiger partial charge in [0.25, 0.3) is 0 Å². The first-order valence-electron chi connectivity index (χ1n) is 7.05. The highest BCUT2D eigenvalue weighted by molar-refractivity contribution is 5.94. The van der Waals surface area contributed by atoms with Crippen LogP contribution in [0.4, 0.5) is 11.5 Å². The molecule has 0 radical (unpaired) electrons. The number of pyridine rings is 1. The lowest BCUT2D eigenvalue weighted by Crippen LogP contribution is -2.35. The van der Waals surface area contributed by atoms with E-state index in [2.05, 4.69) is 22.1 Å². The van der Waals surface area contributed by atoms with E-state index >= 15 is 0 Å². The number of nitrogen functional groups attached to an aromatic ring is 1. The number of hydrogen-bond acceptors (Lipinski definition) is 5. The SMILES string of the molecule is CCN1CCC(CNc2ncc(N)cc2C(=O)O)CC1. The molecule has 2 heterocycles. The van der Waals surface area contributed by atoms with Gasteiger partial charge in [-0.3, -0.25) is 0 Å². The van der Waals surface area contributed by atoms with E-state index in [1.807, 2.05) is 0 Å². The molecule has 4 N–H and O–H groups in total. The van der Waals surface area contributed by atoms with Crippen molar-refractivity contribution in [2.45, 2.75) is 19.8 Å². The molecule has 1 saturated heterocycles. The Bertz CT molecular complexity index is 470. The molecule has 20 heavy (non-hydrogen) atoms. The molecule has 1 aromatic rings. The number of piperidine rings is 1. The summed E-state index contributed by atoms with van der Waals surface area (Å²) in [5, 5.41) is 12.3. The van der Waals surface area contributed by atoms with Crippen molar-refractivity contribution in [2.24, 2.45) is 5.92 Å². The van der Waals surface area contributed by atoms with E-state index in [1.54, 1.807) is 0 Å². The third-order valence-electron chi connectivity index (χ3n) is 3.85. The molecule has 0 aliphatic carbocycles. The van der Waals surface area contributed by atoms with Crippen molar-refractivity contribution in [3.8, 4) is 0 Å². The van der Waals surface area contributed by atoms with Gasteiger partial charge in [0.1, 0.15) is 11.4 Å². The summed E-state index contributed by atoms with van der Waals surface area (Å²) in [5.74, 6) is -0.0310. The minimum absolute atomic E-state index is 0.135. The van der Waals surface area contributed by atoms with Crippen molar-refractivity contribution in [1.29, 1.82) is 0 Å². The van der Waals surface area contributed by atoms with E-state index in [9.17, 15) is 4.79 Å². The maximum absolute atomic E-state index is 11.2. The number of rotatable bonds is 5. The molecule has 0 amide bonds. The highest BCUT2D eigenvalue weighted by Crippen LogP contribution is 2.20. The number of carboxylic acids is 1. The van der Waals surface area contributed by atoms with Gasteiger partial charge in [0.05, 0.1) is 11.9 Å². The molecule has 1 aliphatic rings. The van der Waals surface area contributed by atoms with Gasteiger partial charge >= 0.3 is 5.97 Å². The minimum atomic E-state index is -1.01. The monoisotopic (exact) mass is 278 g/mol. The van der Waals surface area contributed by atoms with Gasteiger partial charge in [-0.2, -0.15) is 0 Å². The fraction of sp³-hybridized carbons (Fsp3) is 0.571. The Kier molecular flexibility index (Phi) is 4.79. The molecule has 0 unspecified atom stereocenters. The van der Waals surface area contributed by atoms with Gasteiger partial charge in [0.2, 0.25) is 0 Å². The standard InChI is InChI=1S/C14H22N4O2/c1-2-18-5-3-10(4-6-18)8-16-13-12(14(19)20)7-11(15)9-17-13/h7,9-10H,2-6,8,15H2,1H3,(H,16,17)(H,19,20). The highest BCUT2D eigenvalue weighted by Gasteiger charge is 2.19. The Morgan fingerprint density at radius 3 is 2.85 bits per heavy atom. The summed E-state index contributed by atoms with van der Waals surface area (Å²) in [7, 11) is 0. The molecule has 1 fully saturated rings. The second-order valence-corrected chi connectivity index (χ2v) is 5.23.